The number of rotatable bonds is 19. The number of benzene rings is 2. The molecule has 1 aliphatic heterocycles. The molecule has 1 N–H and O–H groups in total. The number of amides is 1. The standard InChI is InChI=1S/C33H48N2O2S.BrH/c1-3-4-5-6-7-8-9-10-11-12-13-16-22-37-32-21-15-14-19-30(32)24-33(36)34-31-20-17-18-29(23-31)25-35-27-38-26-28(35)2;/h14-15,17-21,23,26H,3-13,16,22,24-25,27H2,1-2H3,(H,34,36);1H. The van der Waals surface area contributed by atoms with E-state index in [0.717, 1.165) is 35.8 Å². The Morgan fingerprint density at radius 3 is 2.23 bits per heavy atom. The lowest BCUT2D eigenvalue weighted by molar-refractivity contribution is -0.115. The van der Waals surface area contributed by atoms with Crippen LogP contribution in [-0.2, 0) is 17.8 Å². The number of nitrogens with one attached hydrogen (secondary N) is 1. The smallest absolute Gasteiger partial charge is 0.228 e. The molecule has 216 valence electrons. The molecule has 2 aromatic carbocycles. The summed E-state index contributed by atoms with van der Waals surface area (Å²) in [5, 5.41) is 5.28. The lowest BCUT2D eigenvalue weighted by Gasteiger charge is -2.19. The van der Waals surface area contributed by atoms with E-state index in [-0.39, 0.29) is 22.9 Å². The van der Waals surface area contributed by atoms with Crippen molar-refractivity contribution in [2.75, 3.05) is 17.8 Å². The van der Waals surface area contributed by atoms with Crippen LogP contribution >= 0.6 is 28.7 Å². The fourth-order valence-corrected chi connectivity index (χ4v) is 5.80. The summed E-state index contributed by atoms with van der Waals surface area (Å²) in [6, 6.07) is 16.1. The zero-order chi connectivity index (χ0) is 26.8. The number of nitrogens with zero attached hydrogens (tertiary/aromatic N) is 1. The fraction of sp³-hybridized carbons (Fsp3) is 0.545. The maximum Gasteiger partial charge on any atom is 0.228 e. The third-order valence-corrected chi connectivity index (χ3v) is 8.11. The van der Waals surface area contributed by atoms with Gasteiger partial charge in [-0.25, -0.2) is 0 Å². The fourth-order valence-electron chi connectivity index (χ4n) is 4.86. The zero-order valence-electron chi connectivity index (χ0n) is 24.1. The van der Waals surface area contributed by atoms with Gasteiger partial charge in [-0.3, -0.25) is 4.79 Å². The van der Waals surface area contributed by atoms with Crippen LogP contribution < -0.4 is 10.1 Å². The van der Waals surface area contributed by atoms with Crippen LogP contribution in [0.15, 0.2) is 59.6 Å². The van der Waals surface area contributed by atoms with E-state index in [9.17, 15) is 4.79 Å². The molecule has 0 saturated carbocycles. The third kappa shape index (κ3) is 13.3. The first-order valence-corrected chi connectivity index (χ1v) is 15.8. The van der Waals surface area contributed by atoms with Gasteiger partial charge < -0.3 is 15.0 Å². The number of hydrogen-bond donors (Lipinski definition) is 1. The van der Waals surface area contributed by atoms with Gasteiger partial charge in [-0.15, -0.1) is 28.7 Å². The van der Waals surface area contributed by atoms with Crippen LogP contribution in [0.2, 0.25) is 0 Å². The van der Waals surface area contributed by atoms with Gasteiger partial charge in [0.25, 0.3) is 0 Å². The van der Waals surface area contributed by atoms with E-state index in [2.05, 4.69) is 41.6 Å². The monoisotopic (exact) mass is 616 g/mol. The molecular formula is C33H49BrN2O2S. The molecule has 0 spiro atoms. The first-order valence-electron chi connectivity index (χ1n) is 14.8. The second kappa shape index (κ2) is 20.0. The molecule has 4 nitrogen and oxygen atoms in total. The number of carbonyl (C=O) groups excluding carboxylic acids is 1. The summed E-state index contributed by atoms with van der Waals surface area (Å²) in [5.41, 5.74) is 4.28. The van der Waals surface area contributed by atoms with E-state index in [1.54, 1.807) is 0 Å². The van der Waals surface area contributed by atoms with E-state index in [0.29, 0.717) is 13.0 Å². The summed E-state index contributed by atoms with van der Waals surface area (Å²) in [4.78, 5) is 15.2. The third-order valence-electron chi connectivity index (χ3n) is 7.15. The van der Waals surface area contributed by atoms with Crippen LogP contribution in [0, 0.1) is 0 Å². The van der Waals surface area contributed by atoms with Crippen molar-refractivity contribution in [2.45, 2.75) is 104 Å². The summed E-state index contributed by atoms with van der Waals surface area (Å²) in [6.45, 7) is 5.98. The minimum absolute atomic E-state index is 0. The van der Waals surface area contributed by atoms with Crippen molar-refractivity contribution in [3.05, 3.63) is 70.8 Å². The number of allylic oxidation sites excluding steroid dienone is 1. The van der Waals surface area contributed by atoms with Crippen molar-refractivity contribution in [1.82, 2.24) is 4.90 Å². The van der Waals surface area contributed by atoms with Crippen LogP contribution in [0.3, 0.4) is 0 Å². The van der Waals surface area contributed by atoms with E-state index >= 15 is 0 Å². The molecule has 0 saturated heterocycles. The van der Waals surface area contributed by atoms with Crippen molar-refractivity contribution in [1.29, 1.82) is 0 Å². The van der Waals surface area contributed by atoms with E-state index in [1.165, 1.54) is 81.9 Å². The molecule has 0 unspecified atom stereocenters. The highest BCUT2D eigenvalue weighted by Gasteiger charge is 2.13. The molecular weight excluding hydrogens is 568 g/mol. The van der Waals surface area contributed by atoms with Crippen molar-refractivity contribution in [3.8, 4) is 5.75 Å². The molecule has 1 amide bonds. The minimum Gasteiger partial charge on any atom is -0.493 e. The number of unbranched alkanes of at least 4 members (excludes halogenated alkanes) is 11. The minimum atomic E-state index is -0.0173. The highest BCUT2D eigenvalue weighted by Crippen LogP contribution is 2.25. The Morgan fingerprint density at radius 2 is 1.56 bits per heavy atom. The summed E-state index contributed by atoms with van der Waals surface area (Å²) in [5.74, 6) is 1.79. The molecule has 0 aromatic heterocycles. The average molecular weight is 618 g/mol. The summed E-state index contributed by atoms with van der Waals surface area (Å²) in [6.07, 6.45) is 16.3. The van der Waals surface area contributed by atoms with Crippen LogP contribution in [0.25, 0.3) is 0 Å². The summed E-state index contributed by atoms with van der Waals surface area (Å²) in [7, 11) is 0. The normalized spacial score (nSPS) is 12.7. The molecule has 1 aliphatic rings. The van der Waals surface area contributed by atoms with Crippen molar-refractivity contribution < 1.29 is 9.53 Å². The summed E-state index contributed by atoms with van der Waals surface area (Å²) < 4.78 is 6.09. The molecule has 39 heavy (non-hydrogen) atoms. The Labute approximate surface area is 252 Å². The maximum atomic E-state index is 12.8. The Bertz CT molecular complexity index is 997. The van der Waals surface area contributed by atoms with Crippen molar-refractivity contribution in [2.24, 2.45) is 0 Å². The van der Waals surface area contributed by atoms with Crippen LogP contribution in [-0.4, -0.2) is 23.3 Å². The molecule has 1 heterocycles. The first-order chi connectivity index (χ1) is 18.7. The van der Waals surface area contributed by atoms with Crippen LogP contribution in [0.1, 0.15) is 102 Å². The van der Waals surface area contributed by atoms with Gasteiger partial charge in [0.15, 0.2) is 0 Å². The number of ether oxygens (including phenoxy) is 1. The van der Waals surface area contributed by atoms with Gasteiger partial charge in [0, 0.05) is 23.5 Å². The van der Waals surface area contributed by atoms with Gasteiger partial charge in [-0.1, -0.05) is 108 Å². The number of anilines is 1. The van der Waals surface area contributed by atoms with Gasteiger partial charge >= 0.3 is 0 Å². The van der Waals surface area contributed by atoms with Gasteiger partial charge in [0.2, 0.25) is 5.91 Å². The number of thioether (sulfide) groups is 1. The van der Waals surface area contributed by atoms with E-state index in [4.69, 9.17) is 4.74 Å². The highest BCUT2D eigenvalue weighted by atomic mass is 79.9. The number of para-hydroxylation sites is 1. The van der Waals surface area contributed by atoms with Crippen LogP contribution in [0.4, 0.5) is 5.69 Å². The zero-order valence-corrected chi connectivity index (χ0v) is 26.6. The van der Waals surface area contributed by atoms with Crippen molar-refractivity contribution in [3.63, 3.8) is 0 Å². The maximum absolute atomic E-state index is 12.8. The number of halogens is 1. The van der Waals surface area contributed by atoms with Gasteiger partial charge in [-0.2, -0.15) is 0 Å². The molecule has 0 atom stereocenters. The van der Waals surface area contributed by atoms with Gasteiger partial charge in [0.05, 0.1) is 18.9 Å². The molecule has 2 aromatic rings. The molecule has 0 aliphatic carbocycles. The highest BCUT2D eigenvalue weighted by molar-refractivity contribution is 8.93. The van der Waals surface area contributed by atoms with Crippen LogP contribution in [0.5, 0.6) is 5.75 Å². The molecule has 6 heteroatoms. The lowest BCUT2D eigenvalue weighted by atomic mass is 10.1. The Hall–Kier alpha value is -1.92. The Kier molecular flexibility index (Phi) is 17.1. The SMILES string of the molecule is Br.CCCCCCCCCCCCCCOc1ccccc1CC(=O)Nc1cccc(CN2CSC=C2C)c1. The topological polar surface area (TPSA) is 41.6 Å². The van der Waals surface area contributed by atoms with Gasteiger partial charge in [-0.05, 0) is 42.5 Å². The second-order valence-electron chi connectivity index (χ2n) is 10.5. The molecule has 3 rings (SSSR count). The molecule has 0 bridgehead atoms. The number of hydrogen-bond acceptors (Lipinski definition) is 4. The van der Waals surface area contributed by atoms with E-state index < -0.39 is 0 Å². The quantitative estimate of drug-likeness (QED) is 0.159. The Morgan fingerprint density at radius 1 is 0.897 bits per heavy atom. The second-order valence-corrected chi connectivity index (χ2v) is 11.4. The largest absolute Gasteiger partial charge is 0.493 e. The number of carbonyl (C=O) groups is 1. The average Bonchev–Trinajstić information content (AvgIpc) is 3.31. The predicted octanol–water partition coefficient (Wildman–Crippen LogP) is 9.89. The molecule has 0 fully saturated rings. The lowest BCUT2D eigenvalue weighted by Crippen LogP contribution is -2.18. The molecule has 0 radical (unpaired) electrons. The summed E-state index contributed by atoms with van der Waals surface area (Å²) >= 11 is 1.82. The van der Waals surface area contributed by atoms with Crippen molar-refractivity contribution >= 4 is 40.3 Å². The predicted molar refractivity (Wildman–Crippen MR) is 174 cm³/mol. The first kappa shape index (κ1) is 33.3. The van der Waals surface area contributed by atoms with Gasteiger partial charge in [0.1, 0.15) is 5.75 Å². The van der Waals surface area contributed by atoms with E-state index in [1.807, 2.05) is 48.2 Å². The Balaban J connectivity index is 0.00000533.